The Hall–Kier alpha value is -1.50. The summed E-state index contributed by atoms with van der Waals surface area (Å²) >= 11 is 0. The number of terminal acetylenes is 1. The third kappa shape index (κ3) is 1.81. The number of benzene rings is 1. The summed E-state index contributed by atoms with van der Waals surface area (Å²) in [5, 5.41) is 0. The van der Waals surface area contributed by atoms with Crippen molar-refractivity contribution in [2.24, 2.45) is 0 Å². The molecule has 1 rings (SSSR count). The molecule has 0 aromatic heterocycles. The zero-order chi connectivity index (χ0) is 10.1. The van der Waals surface area contributed by atoms with Gasteiger partial charge in [0.1, 0.15) is 11.4 Å². The van der Waals surface area contributed by atoms with Crippen LogP contribution in [0.15, 0.2) is 18.2 Å². The van der Waals surface area contributed by atoms with Gasteiger partial charge in [-0.2, -0.15) is 13.2 Å². The third-order valence-corrected chi connectivity index (χ3v) is 1.45. The quantitative estimate of drug-likeness (QED) is 0.433. The Morgan fingerprint density at radius 3 is 2.23 bits per heavy atom. The van der Waals surface area contributed by atoms with E-state index in [4.69, 9.17) is 6.42 Å². The Morgan fingerprint density at radius 2 is 1.85 bits per heavy atom. The van der Waals surface area contributed by atoms with E-state index < -0.39 is 23.1 Å². The predicted molar refractivity (Wildman–Crippen MR) is 39.3 cm³/mol. The smallest absolute Gasteiger partial charge is 0.206 e. The Balaban J connectivity index is 3.43. The van der Waals surface area contributed by atoms with E-state index in [0.717, 1.165) is 18.2 Å². The largest absolute Gasteiger partial charge is 0.420 e. The predicted octanol–water partition coefficient (Wildman–Crippen LogP) is 2.83. The highest BCUT2D eigenvalue weighted by atomic mass is 19.4. The number of alkyl halides is 3. The molecule has 0 spiro atoms. The van der Waals surface area contributed by atoms with Crippen LogP contribution in [0.5, 0.6) is 0 Å². The van der Waals surface area contributed by atoms with Crippen LogP contribution in [0.3, 0.4) is 0 Å². The number of hydrogen-bond donors (Lipinski definition) is 0. The molecule has 0 heterocycles. The molecule has 0 saturated carbocycles. The second-order valence-corrected chi connectivity index (χ2v) is 2.30. The van der Waals surface area contributed by atoms with Crippen molar-refractivity contribution < 1.29 is 17.6 Å². The van der Waals surface area contributed by atoms with E-state index in [1.165, 1.54) is 0 Å². The minimum absolute atomic E-state index is 0.479. The monoisotopic (exact) mass is 188 g/mol. The lowest BCUT2D eigenvalue weighted by Gasteiger charge is -2.09. The average molecular weight is 188 g/mol. The summed E-state index contributed by atoms with van der Waals surface area (Å²) in [6.07, 6.45) is 0.0565. The van der Waals surface area contributed by atoms with Crippen LogP contribution in [0, 0.1) is 18.2 Å². The first-order valence-electron chi connectivity index (χ1n) is 3.29. The minimum Gasteiger partial charge on any atom is -0.206 e. The maximum atomic E-state index is 12.7. The Labute approximate surface area is 72.2 Å². The highest BCUT2D eigenvalue weighted by Gasteiger charge is 2.36. The van der Waals surface area contributed by atoms with Crippen molar-refractivity contribution in [2.75, 3.05) is 0 Å². The van der Waals surface area contributed by atoms with Crippen LogP contribution >= 0.6 is 0 Å². The first-order valence-corrected chi connectivity index (χ1v) is 3.29. The van der Waals surface area contributed by atoms with E-state index in [0.29, 0.717) is 0 Å². The van der Waals surface area contributed by atoms with E-state index >= 15 is 0 Å². The Kier molecular flexibility index (Phi) is 2.28. The highest BCUT2D eigenvalue weighted by Crippen LogP contribution is 2.33. The van der Waals surface area contributed by atoms with Gasteiger partial charge in [-0.25, -0.2) is 4.39 Å². The topological polar surface area (TPSA) is 0 Å². The molecule has 0 amide bonds. The second kappa shape index (κ2) is 3.09. The molecule has 0 bridgehead atoms. The molecular formula is C9H4F4. The van der Waals surface area contributed by atoms with Gasteiger partial charge in [-0.3, -0.25) is 0 Å². The highest BCUT2D eigenvalue weighted by molar-refractivity contribution is 5.42. The first-order chi connectivity index (χ1) is 5.96. The zero-order valence-corrected chi connectivity index (χ0v) is 6.32. The molecule has 0 saturated heterocycles. The summed E-state index contributed by atoms with van der Waals surface area (Å²) in [5.74, 6) is 0.438. The van der Waals surface area contributed by atoms with Crippen LogP contribution in [-0.4, -0.2) is 0 Å². The van der Waals surface area contributed by atoms with Crippen molar-refractivity contribution in [3.63, 3.8) is 0 Å². The van der Waals surface area contributed by atoms with Crippen LogP contribution in [0.2, 0.25) is 0 Å². The van der Waals surface area contributed by atoms with Gasteiger partial charge < -0.3 is 0 Å². The fourth-order valence-electron chi connectivity index (χ4n) is 0.933. The van der Waals surface area contributed by atoms with E-state index in [1.807, 2.05) is 0 Å². The lowest BCUT2D eigenvalue weighted by molar-refractivity contribution is -0.140. The van der Waals surface area contributed by atoms with Gasteiger partial charge in [0.25, 0.3) is 0 Å². The molecule has 4 heteroatoms. The zero-order valence-electron chi connectivity index (χ0n) is 6.32. The maximum Gasteiger partial charge on any atom is 0.420 e. The van der Waals surface area contributed by atoms with E-state index in [-0.39, 0.29) is 0 Å². The van der Waals surface area contributed by atoms with Gasteiger partial charge in [0.15, 0.2) is 0 Å². The van der Waals surface area contributed by atoms with Crippen LogP contribution in [-0.2, 0) is 6.18 Å². The Bertz CT molecular complexity index is 357. The van der Waals surface area contributed by atoms with Crippen molar-refractivity contribution in [2.45, 2.75) is 6.18 Å². The van der Waals surface area contributed by atoms with Crippen molar-refractivity contribution in [1.29, 1.82) is 0 Å². The molecule has 0 nitrogen and oxygen atoms in total. The van der Waals surface area contributed by atoms with Crippen LogP contribution in [0.4, 0.5) is 17.6 Å². The molecule has 0 aliphatic rings. The summed E-state index contributed by atoms with van der Waals surface area (Å²) < 4.78 is 49.2. The first kappa shape index (κ1) is 9.59. The van der Waals surface area contributed by atoms with Crippen molar-refractivity contribution >= 4 is 0 Å². The summed E-state index contributed by atoms with van der Waals surface area (Å²) in [7, 11) is 0. The molecule has 0 radical (unpaired) electrons. The molecule has 1 aromatic rings. The molecule has 0 N–H and O–H groups in total. The number of rotatable bonds is 0. The molecule has 13 heavy (non-hydrogen) atoms. The summed E-state index contributed by atoms with van der Waals surface area (Å²) in [5.41, 5.74) is -1.86. The molecule has 1 aromatic carbocycles. The van der Waals surface area contributed by atoms with Gasteiger partial charge in [0, 0.05) is 5.56 Å². The van der Waals surface area contributed by atoms with Gasteiger partial charge >= 0.3 is 6.18 Å². The van der Waals surface area contributed by atoms with E-state index in [2.05, 4.69) is 0 Å². The van der Waals surface area contributed by atoms with Crippen molar-refractivity contribution in [1.82, 2.24) is 0 Å². The molecule has 0 aliphatic carbocycles. The SMILES string of the molecule is C#Cc1cccc(F)c1C(F)(F)F. The lowest BCUT2D eigenvalue weighted by atomic mass is 10.1. The molecule has 0 unspecified atom stereocenters. The van der Waals surface area contributed by atoms with Gasteiger partial charge in [-0.1, -0.05) is 12.0 Å². The van der Waals surface area contributed by atoms with Gasteiger partial charge in [-0.15, -0.1) is 6.42 Å². The minimum atomic E-state index is -4.74. The van der Waals surface area contributed by atoms with Crippen LogP contribution in [0.1, 0.15) is 11.1 Å². The normalized spacial score (nSPS) is 11.0. The third-order valence-electron chi connectivity index (χ3n) is 1.45. The fraction of sp³-hybridized carbons (Fsp3) is 0.111. The van der Waals surface area contributed by atoms with Crippen LogP contribution < -0.4 is 0 Å². The molecule has 0 atom stereocenters. The maximum absolute atomic E-state index is 12.7. The number of halogens is 4. The molecule has 0 aliphatic heterocycles. The summed E-state index contributed by atoms with van der Waals surface area (Å²) in [6, 6.07) is 2.91. The van der Waals surface area contributed by atoms with Crippen LogP contribution in [0.25, 0.3) is 0 Å². The van der Waals surface area contributed by atoms with Crippen molar-refractivity contribution in [3.05, 3.63) is 35.1 Å². The molecule has 0 fully saturated rings. The number of hydrogen-bond acceptors (Lipinski definition) is 0. The Morgan fingerprint density at radius 1 is 1.23 bits per heavy atom. The standard InChI is InChI=1S/C9H4F4/c1-2-6-4-3-5-7(10)8(6)9(11,12)13/h1,3-5H. The summed E-state index contributed by atoms with van der Waals surface area (Å²) in [6.45, 7) is 0. The average Bonchev–Trinajstić information content (AvgIpc) is 2.01. The molecular weight excluding hydrogens is 184 g/mol. The summed E-state index contributed by atoms with van der Waals surface area (Å²) in [4.78, 5) is 0. The second-order valence-electron chi connectivity index (χ2n) is 2.30. The van der Waals surface area contributed by atoms with Gasteiger partial charge in [-0.05, 0) is 12.1 Å². The van der Waals surface area contributed by atoms with E-state index in [9.17, 15) is 17.6 Å². The van der Waals surface area contributed by atoms with E-state index in [1.54, 1.807) is 5.92 Å². The fourth-order valence-corrected chi connectivity index (χ4v) is 0.933. The van der Waals surface area contributed by atoms with Crippen molar-refractivity contribution in [3.8, 4) is 12.3 Å². The lowest BCUT2D eigenvalue weighted by Crippen LogP contribution is -2.10. The van der Waals surface area contributed by atoms with Gasteiger partial charge in [0.2, 0.25) is 0 Å². The van der Waals surface area contributed by atoms with Gasteiger partial charge in [0.05, 0.1) is 0 Å². The molecule has 68 valence electrons.